The first-order chi connectivity index (χ1) is 9.97. The van der Waals surface area contributed by atoms with Gasteiger partial charge in [0.1, 0.15) is 0 Å². The van der Waals surface area contributed by atoms with Crippen molar-refractivity contribution in [3.05, 3.63) is 33.8 Å². The molecule has 0 saturated heterocycles. The summed E-state index contributed by atoms with van der Waals surface area (Å²) in [6, 6.07) is 5.31. The standard InChI is InChI=1S/C15H21Cl2N3O.HI/c1-9(12-6-5-11(16)7-13(12)17)20-15(18)19-8-10-3-2-4-14(10)21;/h5-7,9-10,14,21H,2-4,8H2,1H3,(H3,18,19,20);1H. The Bertz CT molecular complexity index is 528. The maximum Gasteiger partial charge on any atom is 0.189 e. The van der Waals surface area contributed by atoms with Crippen molar-refractivity contribution in [2.24, 2.45) is 16.6 Å². The molecule has 1 aromatic rings. The molecule has 1 aliphatic rings. The number of halogens is 3. The minimum absolute atomic E-state index is 0. The molecule has 4 N–H and O–H groups in total. The van der Waals surface area contributed by atoms with Crippen molar-refractivity contribution in [2.75, 3.05) is 6.54 Å². The molecular formula is C15H22Cl2IN3O. The van der Waals surface area contributed by atoms with Crippen LogP contribution in [0.4, 0.5) is 0 Å². The second-order valence-electron chi connectivity index (χ2n) is 5.52. The molecule has 0 amide bonds. The zero-order valence-electron chi connectivity index (χ0n) is 12.4. The molecule has 0 aromatic heterocycles. The lowest BCUT2D eigenvalue weighted by Gasteiger charge is -2.17. The van der Waals surface area contributed by atoms with Crippen molar-refractivity contribution in [3.8, 4) is 0 Å². The number of aliphatic imine (C=N–C) groups is 1. The number of aliphatic hydroxyl groups excluding tert-OH is 1. The van der Waals surface area contributed by atoms with Gasteiger partial charge in [-0.15, -0.1) is 24.0 Å². The Morgan fingerprint density at radius 2 is 2.18 bits per heavy atom. The zero-order chi connectivity index (χ0) is 15.4. The number of nitrogens with two attached hydrogens (primary N) is 1. The Kier molecular flexibility index (Phi) is 8.24. The van der Waals surface area contributed by atoms with Crippen LogP contribution in [0.3, 0.4) is 0 Å². The number of guanidine groups is 1. The quantitative estimate of drug-likeness (QED) is 0.366. The molecule has 1 saturated carbocycles. The largest absolute Gasteiger partial charge is 0.393 e. The van der Waals surface area contributed by atoms with Crippen LogP contribution in [0, 0.1) is 5.92 Å². The lowest BCUT2D eigenvalue weighted by molar-refractivity contribution is 0.136. The van der Waals surface area contributed by atoms with Gasteiger partial charge in [0.15, 0.2) is 5.96 Å². The smallest absolute Gasteiger partial charge is 0.189 e. The van der Waals surface area contributed by atoms with Crippen molar-refractivity contribution >= 4 is 53.1 Å². The van der Waals surface area contributed by atoms with Gasteiger partial charge in [-0.05, 0) is 37.5 Å². The summed E-state index contributed by atoms with van der Waals surface area (Å²) < 4.78 is 0. The van der Waals surface area contributed by atoms with E-state index in [0.29, 0.717) is 22.5 Å². The Labute approximate surface area is 158 Å². The Hall–Kier alpha value is -0.240. The third-order valence-corrected chi connectivity index (χ3v) is 4.47. The van der Waals surface area contributed by atoms with E-state index in [2.05, 4.69) is 10.3 Å². The van der Waals surface area contributed by atoms with E-state index in [1.54, 1.807) is 12.1 Å². The fraction of sp³-hybridized carbons (Fsp3) is 0.533. The summed E-state index contributed by atoms with van der Waals surface area (Å²) in [6.45, 7) is 2.52. The maximum absolute atomic E-state index is 9.76. The summed E-state index contributed by atoms with van der Waals surface area (Å²) in [6.07, 6.45) is 2.69. The van der Waals surface area contributed by atoms with Gasteiger partial charge in [-0.25, -0.2) is 0 Å². The average Bonchev–Trinajstić information content (AvgIpc) is 2.81. The van der Waals surface area contributed by atoms with Gasteiger partial charge in [0.25, 0.3) is 0 Å². The summed E-state index contributed by atoms with van der Waals surface area (Å²) in [4.78, 5) is 4.32. The van der Waals surface area contributed by atoms with Crippen LogP contribution < -0.4 is 11.1 Å². The highest BCUT2D eigenvalue weighted by Crippen LogP contribution is 2.27. The lowest BCUT2D eigenvalue weighted by atomic mass is 10.1. The second kappa shape index (κ2) is 9.15. The van der Waals surface area contributed by atoms with Crippen molar-refractivity contribution < 1.29 is 5.11 Å². The van der Waals surface area contributed by atoms with Crippen LogP contribution in [-0.4, -0.2) is 23.7 Å². The van der Waals surface area contributed by atoms with Crippen molar-refractivity contribution in [1.29, 1.82) is 0 Å². The number of hydrogen-bond donors (Lipinski definition) is 3. The van der Waals surface area contributed by atoms with Crippen molar-refractivity contribution in [3.63, 3.8) is 0 Å². The molecule has 3 atom stereocenters. The van der Waals surface area contributed by atoms with E-state index < -0.39 is 0 Å². The van der Waals surface area contributed by atoms with Crippen molar-refractivity contribution in [1.82, 2.24) is 5.32 Å². The fourth-order valence-electron chi connectivity index (χ4n) is 2.64. The molecule has 0 spiro atoms. The van der Waals surface area contributed by atoms with E-state index in [1.807, 2.05) is 13.0 Å². The van der Waals surface area contributed by atoms with Gasteiger partial charge in [-0.1, -0.05) is 35.7 Å². The summed E-state index contributed by atoms with van der Waals surface area (Å²) in [5.41, 5.74) is 6.82. The van der Waals surface area contributed by atoms with Gasteiger partial charge in [0, 0.05) is 22.5 Å². The van der Waals surface area contributed by atoms with E-state index in [-0.39, 0.29) is 42.0 Å². The molecule has 3 unspecified atom stereocenters. The predicted octanol–water partition coefficient (Wildman–Crippen LogP) is 3.74. The summed E-state index contributed by atoms with van der Waals surface area (Å²) in [5, 5.41) is 14.1. The third-order valence-electron chi connectivity index (χ3n) is 3.91. The zero-order valence-corrected chi connectivity index (χ0v) is 16.3. The van der Waals surface area contributed by atoms with Crippen molar-refractivity contribution in [2.45, 2.75) is 38.3 Å². The molecule has 2 rings (SSSR count). The molecule has 22 heavy (non-hydrogen) atoms. The number of benzene rings is 1. The van der Waals surface area contributed by atoms with Crippen LogP contribution in [0.15, 0.2) is 23.2 Å². The van der Waals surface area contributed by atoms with Gasteiger partial charge in [-0.2, -0.15) is 0 Å². The van der Waals surface area contributed by atoms with Gasteiger partial charge >= 0.3 is 0 Å². The highest BCUT2D eigenvalue weighted by atomic mass is 127. The van der Waals surface area contributed by atoms with Crippen LogP contribution >= 0.6 is 47.2 Å². The molecular weight excluding hydrogens is 436 g/mol. The number of aliphatic hydroxyl groups is 1. The monoisotopic (exact) mass is 457 g/mol. The van der Waals surface area contributed by atoms with Crippen LogP contribution in [0.25, 0.3) is 0 Å². The van der Waals surface area contributed by atoms with Gasteiger partial charge in [-0.3, -0.25) is 4.99 Å². The topological polar surface area (TPSA) is 70.6 Å². The Morgan fingerprint density at radius 1 is 1.45 bits per heavy atom. The van der Waals surface area contributed by atoms with Crippen LogP contribution in [0.5, 0.6) is 0 Å². The normalized spacial score (nSPS) is 23.0. The summed E-state index contributed by atoms with van der Waals surface area (Å²) in [7, 11) is 0. The summed E-state index contributed by atoms with van der Waals surface area (Å²) >= 11 is 12.1. The van der Waals surface area contributed by atoms with Crippen LogP contribution in [0.2, 0.25) is 10.0 Å². The molecule has 0 radical (unpaired) electrons. The van der Waals surface area contributed by atoms with Gasteiger partial charge in [0.05, 0.1) is 12.1 Å². The Balaban J connectivity index is 0.00000242. The number of nitrogens with one attached hydrogen (secondary N) is 1. The van der Waals surface area contributed by atoms with Gasteiger partial charge in [0.2, 0.25) is 0 Å². The lowest BCUT2D eigenvalue weighted by Crippen LogP contribution is -2.34. The molecule has 7 heteroatoms. The summed E-state index contributed by atoms with van der Waals surface area (Å²) in [5.74, 6) is 0.590. The molecule has 4 nitrogen and oxygen atoms in total. The SMILES string of the molecule is CC(NC(N)=NCC1CCCC1O)c1ccc(Cl)cc1Cl.I. The molecule has 0 heterocycles. The minimum atomic E-state index is -0.246. The second-order valence-corrected chi connectivity index (χ2v) is 6.36. The number of rotatable bonds is 4. The average molecular weight is 458 g/mol. The highest BCUT2D eigenvalue weighted by molar-refractivity contribution is 14.0. The molecule has 1 aromatic carbocycles. The van der Waals surface area contributed by atoms with E-state index in [1.165, 1.54) is 0 Å². The Morgan fingerprint density at radius 3 is 2.77 bits per heavy atom. The van der Waals surface area contributed by atoms with E-state index >= 15 is 0 Å². The number of hydrogen-bond acceptors (Lipinski definition) is 2. The van der Waals surface area contributed by atoms with E-state index in [9.17, 15) is 5.11 Å². The predicted molar refractivity (Wildman–Crippen MR) is 103 cm³/mol. The molecule has 0 aliphatic heterocycles. The first kappa shape index (κ1) is 19.8. The minimum Gasteiger partial charge on any atom is -0.393 e. The maximum atomic E-state index is 9.76. The number of nitrogens with zero attached hydrogens (tertiary/aromatic N) is 1. The van der Waals surface area contributed by atoms with Crippen LogP contribution in [0.1, 0.15) is 37.8 Å². The first-order valence-corrected chi connectivity index (χ1v) is 7.92. The molecule has 124 valence electrons. The van der Waals surface area contributed by atoms with Crippen LogP contribution in [-0.2, 0) is 0 Å². The first-order valence-electron chi connectivity index (χ1n) is 7.17. The van der Waals surface area contributed by atoms with E-state index in [0.717, 1.165) is 24.8 Å². The highest BCUT2D eigenvalue weighted by Gasteiger charge is 2.24. The van der Waals surface area contributed by atoms with E-state index in [4.69, 9.17) is 28.9 Å². The third kappa shape index (κ3) is 5.44. The molecule has 0 bridgehead atoms. The fourth-order valence-corrected chi connectivity index (χ4v) is 3.22. The van der Waals surface area contributed by atoms with Gasteiger partial charge < -0.3 is 16.2 Å². The molecule has 1 fully saturated rings. The molecule has 1 aliphatic carbocycles.